The SMILES string of the molecule is CCC(C)(CCO)NC(=O)c1cccc(C)c1C. The van der Waals surface area contributed by atoms with Gasteiger partial charge in [0.2, 0.25) is 0 Å². The van der Waals surface area contributed by atoms with Gasteiger partial charge in [-0.25, -0.2) is 0 Å². The van der Waals surface area contributed by atoms with Crippen LogP contribution in [0.25, 0.3) is 0 Å². The highest BCUT2D eigenvalue weighted by Gasteiger charge is 2.24. The van der Waals surface area contributed by atoms with Gasteiger partial charge in [-0.1, -0.05) is 19.1 Å². The molecule has 3 heteroatoms. The zero-order chi connectivity index (χ0) is 13.8. The van der Waals surface area contributed by atoms with Crippen LogP contribution in [-0.2, 0) is 0 Å². The second kappa shape index (κ2) is 6.01. The molecule has 1 amide bonds. The zero-order valence-electron chi connectivity index (χ0n) is 11.7. The van der Waals surface area contributed by atoms with E-state index >= 15 is 0 Å². The van der Waals surface area contributed by atoms with Crippen molar-refractivity contribution in [1.29, 1.82) is 0 Å². The van der Waals surface area contributed by atoms with E-state index in [1.165, 1.54) is 0 Å². The molecule has 1 aromatic rings. The van der Waals surface area contributed by atoms with Crippen molar-refractivity contribution in [1.82, 2.24) is 5.32 Å². The number of aliphatic hydroxyl groups excluding tert-OH is 1. The summed E-state index contributed by atoms with van der Waals surface area (Å²) in [5.74, 6) is -0.0611. The number of amides is 1. The standard InChI is InChI=1S/C15H23NO2/c1-5-15(4,9-10-17)16-14(18)13-8-6-7-11(2)12(13)3/h6-8,17H,5,9-10H2,1-4H3,(H,16,18). The van der Waals surface area contributed by atoms with Crippen molar-refractivity contribution in [2.45, 2.75) is 46.1 Å². The van der Waals surface area contributed by atoms with Crippen LogP contribution in [0.4, 0.5) is 0 Å². The summed E-state index contributed by atoms with van der Waals surface area (Å²) >= 11 is 0. The number of nitrogens with one attached hydrogen (secondary N) is 1. The van der Waals surface area contributed by atoms with Crippen LogP contribution in [0.5, 0.6) is 0 Å². The van der Waals surface area contributed by atoms with E-state index in [-0.39, 0.29) is 18.1 Å². The Morgan fingerprint density at radius 3 is 2.61 bits per heavy atom. The van der Waals surface area contributed by atoms with Crippen molar-refractivity contribution in [3.8, 4) is 0 Å². The van der Waals surface area contributed by atoms with E-state index in [2.05, 4.69) is 5.32 Å². The minimum Gasteiger partial charge on any atom is -0.396 e. The average molecular weight is 249 g/mol. The van der Waals surface area contributed by atoms with Crippen molar-refractivity contribution in [3.63, 3.8) is 0 Å². The fourth-order valence-electron chi connectivity index (χ4n) is 1.91. The summed E-state index contributed by atoms with van der Waals surface area (Å²) in [6.45, 7) is 8.02. The molecule has 1 unspecified atom stereocenters. The van der Waals surface area contributed by atoms with Crippen LogP contribution < -0.4 is 5.32 Å². The fourth-order valence-corrected chi connectivity index (χ4v) is 1.91. The summed E-state index contributed by atoms with van der Waals surface area (Å²) in [5.41, 5.74) is 2.50. The van der Waals surface area contributed by atoms with E-state index in [4.69, 9.17) is 5.11 Å². The van der Waals surface area contributed by atoms with Gasteiger partial charge < -0.3 is 10.4 Å². The van der Waals surface area contributed by atoms with Crippen molar-refractivity contribution in [2.75, 3.05) is 6.61 Å². The molecule has 3 nitrogen and oxygen atoms in total. The Kier molecular flexibility index (Phi) is 4.91. The van der Waals surface area contributed by atoms with Gasteiger partial charge in [0.1, 0.15) is 0 Å². The lowest BCUT2D eigenvalue weighted by molar-refractivity contribution is 0.0885. The molecule has 0 aliphatic carbocycles. The molecule has 0 aliphatic rings. The van der Waals surface area contributed by atoms with Crippen LogP contribution in [0.2, 0.25) is 0 Å². The normalized spacial score (nSPS) is 14.1. The first-order valence-corrected chi connectivity index (χ1v) is 6.43. The molecule has 1 atom stereocenters. The molecule has 1 rings (SSSR count). The third-order valence-corrected chi connectivity index (χ3v) is 3.71. The van der Waals surface area contributed by atoms with Gasteiger partial charge in [-0.15, -0.1) is 0 Å². The number of benzene rings is 1. The molecule has 0 bridgehead atoms. The summed E-state index contributed by atoms with van der Waals surface area (Å²) < 4.78 is 0. The molecule has 18 heavy (non-hydrogen) atoms. The monoisotopic (exact) mass is 249 g/mol. The smallest absolute Gasteiger partial charge is 0.251 e. The molecule has 100 valence electrons. The van der Waals surface area contributed by atoms with Crippen LogP contribution in [0.3, 0.4) is 0 Å². The highest BCUT2D eigenvalue weighted by molar-refractivity contribution is 5.96. The predicted octanol–water partition coefficient (Wildman–Crippen LogP) is 2.58. The van der Waals surface area contributed by atoms with Crippen LogP contribution in [0.1, 0.15) is 48.2 Å². The Bertz CT molecular complexity index is 429. The Labute approximate surface area is 109 Å². The number of hydrogen-bond acceptors (Lipinski definition) is 2. The molecule has 0 aromatic heterocycles. The van der Waals surface area contributed by atoms with Gasteiger partial charge in [0.15, 0.2) is 0 Å². The van der Waals surface area contributed by atoms with Gasteiger partial charge in [-0.2, -0.15) is 0 Å². The van der Waals surface area contributed by atoms with Gasteiger partial charge in [-0.05, 0) is 50.8 Å². The van der Waals surface area contributed by atoms with Crippen molar-refractivity contribution < 1.29 is 9.90 Å². The van der Waals surface area contributed by atoms with Gasteiger partial charge >= 0.3 is 0 Å². The first-order chi connectivity index (χ1) is 8.43. The molecule has 0 aliphatic heterocycles. The molecule has 0 saturated carbocycles. The number of carbonyl (C=O) groups excluding carboxylic acids is 1. The van der Waals surface area contributed by atoms with Gasteiger partial charge in [0.05, 0.1) is 0 Å². The Balaban J connectivity index is 2.91. The molecule has 0 saturated heterocycles. The maximum atomic E-state index is 12.3. The van der Waals surface area contributed by atoms with E-state index in [9.17, 15) is 4.79 Å². The molecular formula is C15H23NO2. The molecule has 0 spiro atoms. The number of aliphatic hydroxyl groups is 1. The summed E-state index contributed by atoms with van der Waals surface area (Å²) in [6.07, 6.45) is 1.37. The lowest BCUT2D eigenvalue weighted by Gasteiger charge is -2.29. The van der Waals surface area contributed by atoms with E-state index < -0.39 is 0 Å². The first-order valence-electron chi connectivity index (χ1n) is 6.43. The first kappa shape index (κ1) is 14.7. The van der Waals surface area contributed by atoms with E-state index in [1.54, 1.807) is 0 Å². The maximum Gasteiger partial charge on any atom is 0.251 e. The molecule has 0 heterocycles. The molecule has 2 N–H and O–H groups in total. The lowest BCUT2D eigenvalue weighted by Crippen LogP contribution is -2.46. The summed E-state index contributed by atoms with van der Waals surface area (Å²) in [7, 11) is 0. The maximum absolute atomic E-state index is 12.3. The number of hydrogen-bond donors (Lipinski definition) is 2. The van der Waals surface area contributed by atoms with Crippen LogP contribution in [-0.4, -0.2) is 23.2 Å². The van der Waals surface area contributed by atoms with E-state index in [1.807, 2.05) is 45.9 Å². The number of carbonyl (C=O) groups is 1. The van der Waals surface area contributed by atoms with Crippen molar-refractivity contribution in [3.05, 3.63) is 34.9 Å². The van der Waals surface area contributed by atoms with Gasteiger partial charge in [-0.3, -0.25) is 4.79 Å². The topological polar surface area (TPSA) is 49.3 Å². The molecule has 0 fully saturated rings. The Hall–Kier alpha value is -1.35. The number of rotatable bonds is 5. The second-order valence-electron chi connectivity index (χ2n) is 5.09. The molecule has 0 radical (unpaired) electrons. The van der Waals surface area contributed by atoms with Crippen LogP contribution >= 0.6 is 0 Å². The summed E-state index contributed by atoms with van der Waals surface area (Å²) in [4.78, 5) is 12.3. The van der Waals surface area contributed by atoms with Crippen LogP contribution in [0, 0.1) is 13.8 Å². The lowest BCUT2D eigenvalue weighted by atomic mass is 9.93. The Morgan fingerprint density at radius 2 is 2.06 bits per heavy atom. The van der Waals surface area contributed by atoms with Crippen LogP contribution in [0.15, 0.2) is 18.2 Å². The van der Waals surface area contributed by atoms with Crippen molar-refractivity contribution >= 4 is 5.91 Å². The summed E-state index contributed by atoms with van der Waals surface area (Å²) in [5, 5.41) is 12.1. The van der Waals surface area contributed by atoms with Crippen molar-refractivity contribution in [2.24, 2.45) is 0 Å². The zero-order valence-corrected chi connectivity index (χ0v) is 11.7. The highest BCUT2D eigenvalue weighted by atomic mass is 16.3. The summed E-state index contributed by atoms with van der Waals surface area (Å²) in [6, 6.07) is 5.73. The fraction of sp³-hybridized carbons (Fsp3) is 0.533. The minimum atomic E-state index is -0.345. The predicted molar refractivity (Wildman–Crippen MR) is 73.8 cm³/mol. The highest BCUT2D eigenvalue weighted by Crippen LogP contribution is 2.17. The second-order valence-corrected chi connectivity index (χ2v) is 5.09. The Morgan fingerprint density at radius 1 is 1.39 bits per heavy atom. The van der Waals surface area contributed by atoms with Gasteiger partial charge in [0.25, 0.3) is 5.91 Å². The largest absolute Gasteiger partial charge is 0.396 e. The van der Waals surface area contributed by atoms with E-state index in [0.717, 1.165) is 17.5 Å². The van der Waals surface area contributed by atoms with Gasteiger partial charge in [0, 0.05) is 17.7 Å². The van der Waals surface area contributed by atoms with E-state index in [0.29, 0.717) is 12.0 Å². The minimum absolute atomic E-state index is 0.0611. The quantitative estimate of drug-likeness (QED) is 0.842. The number of aryl methyl sites for hydroxylation is 1. The molecular weight excluding hydrogens is 226 g/mol. The third-order valence-electron chi connectivity index (χ3n) is 3.71. The average Bonchev–Trinajstić information content (AvgIpc) is 2.32. The molecule has 1 aromatic carbocycles. The third kappa shape index (κ3) is 3.33.